The third kappa shape index (κ3) is 2.95. The highest BCUT2D eigenvalue weighted by atomic mass is 16.4. The van der Waals surface area contributed by atoms with Crippen LogP contribution in [0.25, 0.3) is 0 Å². The molecule has 1 saturated carbocycles. The molecule has 1 fully saturated rings. The van der Waals surface area contributed by atoms with Crippen LogP contribution in [0.1, 0.15) is 29.7 Å². The number of rotatable bonds is 4. The highest BCUT2D eigenvalue weighted by Crippen LogP contribution is 2.22. The molecule has 0 unspecified atom stereocenters. The van der Waals surface area contributed by atoms with Crippen molar-refractivity contribution in [2.75, 3.05) is 18.0 Å². The molecular weight excluding hydrogens is 262 g/mol. The van der Waals surface area contributed by atoms with Gasteiger partial charge in [-0.25, -0.2) is 0 Å². The van der Waals surface area contributed by atoms with Gasteiger partial charge in [-0.3, -0.25) is 0 Å². The van der Waals surface area contributed by atoms with E-state index >= 15 is 0 Å². The Bertz CT molecular complexity index is 591. The van der Waals surface area contributed by atoms with Gasteiger partial charge in [0.25, 0.3) is 6.01 Å². The third-order valence-electron chi connectivity index (χ3n) is 4.38. The number of nitrogens with zero attached hydrogens (tertiary/aromatic N) is 2. The quantitative estimate of drug-likeness (QED) is 0.936. The molecule has 21 heavy (non-hydrogen) atoms. The molecule has 0 amide bonds. The van der Waals surface area contributed by atoms with Gasteiger partial charge in [0.1, 0.15) is 6.26 Å². The first-order valence-corrected chi connectivity index (χ1v) is 7.88. The van der Waals surface area contributed by atoms with Gasteiger partial charge in [0, 0.05) is 25.7 Å². The summed E-state index contributed by atoms with van der Waals surface area (Å²) >= 11 is 0. The summed E-state index contributed by atoms with van der Waals surface area (Å²) < 4.78 is 5.69. The molecule has 1 N–H and O–H groups in total. The van der Waals surface area contributed by atoms with Gasteiger partial charge < -0.3 is 14.6 Å². The van der Waals surface area contributed by atoms with E-state index in [1.54, 1.807) is 6.26 Å². The number of fused-ring (bicyclic) bond motifs is 1. The summed E-state index contributed by atoms with van der Waals surface area (Å²) in [7, 11) is 0. The summed E-state index contributed by atoms with van der Waals surface area (Å²) in [5.41, 5.74) is 3.93. The lowest BCUT2D eigenvalue weighted by molar-refractivity contribution is 0.533. The second kappa shape index (κ2) is 5.53. The first-order valence-electron chi connectivity index (χ1n) is 7.88. The Hall–Kier alpha value is -1.81. The molecule has 2 heterocycles. The maximum Gasteiger partial charge on any atom is 0.297 e. The van der Waals surface area contributed by atoms with Crippen molar-refractivity contribution in [3.63, 3.8) is 0 Å². The number of oxazole rings is 1. The van der Waals surface area contributed by atoms with Crippen molar-refractivity contribution in [1.29, 1.82) is 0 Å². The highest BCUT2D eigenvalue weighted by Gasteiger charge is 2.21. The molecule has 0 spiro atoms. The van der Waals surface area contributed by atoms with E-state index in [9.17, 15) is 0 Å². The van der Waals surface area contributed by atoms with E-state index in [0.29, 0.717) is 6.04 Å². The van der Waals surface area contributed by atoms with Crippen molar-refractivity contribution in [3.8, 4) is 0 Å². The van der Waals surface area contributed by atoms with Crippen LogP contribution < -0.4 is 10.2 Å². The number of aromatic nitrogens is 1. The molecule has 110 valence electrons. The molecule has 2 aromatic rings. The van der Waals surface area contributed by atoms with E-state index in [-0.39, 0.29) is 0 Å². The van der Waals surface area contributed by atoms with Crippen LogP contribution in [0, 0.1) is 0 Å². The minimum absolute atomic E-state index is 0.706. The predicted molar refractivity (Wildman–Crippen MR) is 82.4 cm³/mol. The predicted octanol–water partition coefficient (Wildman–Crippen LogP) is 2.53. The van der Waals surface area contributed by atoms with Crippen molar-refractivity contribution in [2.45, 2.75) is 38.3 Å². The molecule has 0 atom stereocenters. The summed E-state index contributed by atoms with van der Waals surface area (Å²) in [6, 6.07) is 10.2. The standard InChI is InChI=1S/C17H21N3O/c1-2-4-14-8-10-20(9-7-13(14)3-1)17-19-16(12-21-17)11-18-15-5-6-15/h1-4,12,15,18H,5-11H2. The fraction of sp³-hybridized carbons (Fsp3) is 0.471. The van der Waals surface area contributed by atoms with Crippen molar-refractivity contribution in [1.82, 2.24) is 10.3 Å². The van der Waals surface area contributed by atoms with Crippen molar-refractivity contribution in [3.05, 3.63) is 47.3 Å². The molecule has 0 saturated heterocycles. The molecule has 0 bridgehead atoms. The van der Waals surface area contributed by atoms with Gasteiger partial charge in [-0.2, -0.15) is 4.98 Å². The molecule has 2 aliphatic rings. The van der Waals surface area contributed by atoms with Gasteiger partial charge in [-0.05, 0) is 36.8 Å². The maximum absolute atomic E-state index is 5.69. The Morgan fingerprint density at radius 1 is 1.14 bits per heavy atom. The lowest BCUT2D eigenvalue weighted by Gasteiger charge is -2.17. The SMILES string of the molecule is c1ccc2c(c1)CCN(c1nc(CNC3CC3)co1)CC2. The molecule has 1 aliphatic heterocycles. The van der Waals surface area contributed by atoms with Crippen LogP contribution in [-0.4, -0.2) is 24.1 Å². The summed E-state index contributed by atoms with van der Waals surface area (Å²) in [4.78, 5) is 6.90. The minimum atomic E-state index is 0.706. The van der Waals surface area contributed by atoms with E-state index < -0.39 is 0 Å². The summed E-state index contributed by atoms with van der Waals surface area (Å²) in [6.07, 6.45) is 6.52. The first kappa shape index (κ1) is 12.9. The zero-order valence-corrected chi connectivity index (χ0v) is 12.2. The molecular formula is C17H21N3O. The maximum atomic E-state index is 5.69. The van der Waals surface area contributed by atoms with Crippen LogP contribution in [0.15, 0.2) is 34.9 Å². The molecule has 0 radical (unpaired) electrons. The number of nitrogens with one attached hydrogen (secondary N) is 1. The Balaban J connectivity index is 1.42. The summed E-state index contributed by atoms with van der Waals surface area (Å²) in [5, 5.41) is 3.47. The van der Waals surface area contributed by atoms with E-state index in [2.05, 4.69) is 39.5 Å². The Morgan fingerprint density at radius 3 is 2.52 bits per heavy atom. The fourth-order valence-electron chi connectivity index (χ4n) is 2.92. The van der Waals surface area contributed by atoms with Crippen LogP contribution in [0.4, 0.5) is 6.01 Å². The molecule has 1 aromatic carbocycles. The second-order valence-corrected chi connectivity index (χ2v) is 6.03. The largest absolute Gasteiger partial charge is 0.432 e. The first-order chi connectivity index (χ1) is 10.4. The monoisotopic (exact) mass is 283 g/mol. The van der Waals surface area contributed by atoms with E-state index in [1.807, 2.05) is 0 Å². The van der Waals surface area contributed by atoms with Gasteiger partial charge in [0.15, 0.2) is 0 Å². The van der Waals surface area contributed by atoms with Crippen molar-refractivity contribution >= 4 is 6.01 Å². The van der Waals surface area contributed by atoms with Crippen LogP contribution in [0.5, 0.6) is 0 Å². The van der Waals surface area contributed by atoms with Gasteiger partial charge in [0.2, 0.25) is 0 Å². The van der Waals surface area contributed by atoms with Gasteiger partial charge >= 0.3 is 0 Å². The lowest BCUT2D eigenvalue weighted by atomic mass is 10.0. The van der Waals surface area contributed by atoms with Gasteiger partial charge in [0.05, 0.1) is 5.69 Å². The number of benzene rings is 1. The smallest absolute Gasteiger partial charge is 0.297 e. The fourth-order valence-corrected chi connectivity index (χ4v) is 2.92. The number of hydrogen-bond acceptors (Lipinski definition) is 4. The second-order valence-electron chi connectivity index (χ2n) is 6.03. The van der Waals surface area contributed by atoms with Crippen LogP contribution in [0.2, 0.25) is 0 Å². The number of hydrogen-bond donors (Lipinski definition) is 1. The van der Waals surface area contributed by atoms with E-state index in [1.165, 1.54) is 24.0 Å². The normalized spacial score (nSPS) is 18.4. The Kier molecular flexibility index (Phi) is 3.39. The third-order valence-corrected chi connectivity index (χ3v) is 4.38. The average molecular weight is 283 g/mol. The molecule has 4 heteroatoms. The summed E-state index contributed by atoms with van der Waals surface area (Å²) in [5.74, 6) is 0. The molecule has 4 nitrogen and oxygen atoms in total. The van der Waals surface area contributed by atoms with Crippen LogP contribution in [-0.2, 0) is 19.4 Å². The number of anilines is 1. The Labute approximate surface area is 125 Å². The van der Waals surface area contributed by atoms with E-state index in [4.69, 9.17) is 4.42 Å². The zero-order chi connectivity index (χ0) is 14.1. The van der Waals surface area contributed by atoms with Crippen LogP contribution >= 0.6 is 0 Å². The lowest BCUT2D eigenvalue weighted by Crippen LogP contribution is -2.26. The molecule has 4 rings (SSSR count). The molecule has 1 aromatic heterocycles. The van der Waals surface area contributed by atoms with Gasteiger partial charge in [-0.15, -0.1) is 0 Å². The minimum Gasteiger partial charge on any atom is -0.432 e. The van der Waals surface area contributed by atoms with Crippen molar-refractivity contribution < 1.29 is 4.42 Å². The zero-order valence-electron chi connectivity index (χ0n) is 12.2. The van der Waals surface area contributed by atoms with E-state index in [0.717, 1.165) is 44.2 Å². The van der Waals surface area contributed by atoms with Crippen LogP contribution in [0.3, 0.4) is 0 Å². The summed E-state index contributed by atoms with van der Waals surface area (Å²) in [6.45, 7) is 2.78. The topological polar surface area (TPSA) is 41.3 Å². The van der Waals surface area contributed by atoms with Crippen molar-refractivity contribution in [2.24, 2.45) is 0 Å². The van der Waals surface area contributed by atoms with Gasteiger partial charge in [-0.1, -0.05) is 24.3 Å². The average Bonchev–Trinajstić information content (AvgIpc) is 3.27. The molecule has 1 aliphatic carbocycles. The Morgan fingerprint density at radius 2 is 1.86 bits per heavy atom. The highest BCUT2D eigenvalue weighted by molar-refractivity contribution is 5.35.